The molecular weight excluding hydrogens is 527 g/mol. The van der Waals surface area contributed by atoms with Crippen LogP contribution < -0.4 is 0 Å². The van der Waals surface area contributed by atoms with Crippen LogP contribution in [0.4, 0.5) is 0 Å². The summed E-state index contributed by atoms with van der Waals surface area (Å²) in [5, 5.41) is 5.23. The summed E-state index contributed by atoms with van der Waals surface area (Å²) >= 11 is 1.88. The summed E-state index contributed by atoms with van der Waals surface area (Å²) in [4.78, 5) is 2.67. The van der Waals surface area contributed by atoms with Crippen LogP contribution in [0.2, 0.25) is 0 Å². The summed E-state index contributed by atoms with van der Waals surface area (Å²) in [6, 6.07) is 55.4. The molecule has 0 radical (unpaired) electrons. The predicted molar refractivity (Wildman–Crippen MR) is 179 cm³/mol. The minimum Gasteiger partial charge on any atom is -0.309 e. The molecule has 2 heterocycles. The molecule has 0 spiro atoms. The van der Waals surface area contributed by atoms with Crippen LogP contribution in [-0.2, 0) is 0 Å². The summed E-state index contributed by atoms with van der Waals surface area (Å²) in [6.45, 7) is 0. The maximum Gasteiger partial charge on any atom is 0.0547 e. The van der Waals surface area contributed by atoms with Crippen molar-refractivity contribution >= 4 is 44.3 Å². The molecule has 8 aromatic rings. The van der Waals surface area contributed by atoms with Crippen LogP contribution in [-0.4, -0.2) is 4.57 Å². The maximum atomic E-state index is 2.38. The highest BCUT2D eigenvalue weighted by molar-refractivity contribution is 7.99. The van der Waals surface area contributed by atoms with Gasteiger partial charge in [-0.15, -0.1) is 0 Å². The number of hydrogen-bond donors (Lipinski definition) is 0. The smallest absolute Gasteiger partial charge is 0.0547 e. The largest absolute Gasteiger partial charge is 0.309 e. The van der Waals surface area contributed by atoms with Crippen LogP contribution in [0.15, 0.2) is 161 Å². The van der Waals surface area contributed by atoms with Crippen molar-refractivity contribution in [3.05, 3.63) is 152 Å². The van der Waals surface area contributed by atoms with Crippen LogP contribution in [0.25, 0.3) is 71.6 Å². The molecule has 0 saturated carbocycles. The quantitative estimate of drug-likeness (QED) is 0.211. The zero-order valence-electron chi connectivity index (χ0n) is 22.8. The van der Waals surface area contributed by atoms with Crippen LogP contribution >= 0.6 is 11.8 Å². The van der Waals surface area contributed by atoms with Gasteiger partial charge in [-0.2, -0.15) is 0 Å². The van der Waals surface area contributed by atoms with Gasteiger partial charge in [-0.1, -0.05) is 127 Å². The van der Waals surface area contributed by atoms with E-state index in [0.717, 1.165) is 0 Å². The van der Waals surface area contributed by atoms with E-state index < -0.39 is 0 Å². The highest BCUT2D eigenvalue weighted by Gasteiger charge is 2.20. The van der Waals surface area contributed by atoms with Gasteiger partial charge >= 0.3 is 0 Å². The first kappa shape index (κ1) is 23.6. The number of hydrogen-bond acceptors (Lipinski definition) is 1. The monoisotopic (exact) mass is 551 g/mol. The van der Waals surface area contributed by atoms with E-state index in [-0.39, 0.29) is 0 Å². The van der Waals surface area contributed by atoms with E-state index in [1.807, 2.05) is 11.8 Å². The van der Waals surface area contributed by atoms with E-state index in [2.05, 4.69) is 156 Å². The summed E-state index contributed by atoms with van der Waals surface area (Å²) < 4.78 is 2.38. The minimum atomic E-state index is 1.18. The number of aromatic nitrogens is 1. The van der Waals surface area contributed by atoms with Gasteiger partial charge in [0.15, 0.2) is 0 Å². The Bertz CT molecular complexity index is 2310. The molecule has 0 bridgehead atoms. The van der Waals surface area contributed by atoms with Gasteiger partial charge in [-0.3, -0.25) is 0 Å². The molecule has 0 N–H and O–H groups in total. The molecule has 196 valence electrons. The molecule has 0 saturated heterocycles. The van der Waals surface area contributed by atoms with Gasteiger partial charge in [0.05, 0.1) is 11.0 Å². The molecular formula is C40H25NS. The first-order chi connectivity index (χ1) is 20.8. The van der Waals surface area contributed by atoms with Gasteiger partial charge in [0.2, 0.25) is 0 Å². The molecule has 1 aromatic heterocycles. The van der Waals surface area contributed by atoms with Crippen molar-refractivity contribution in [1.29, 1.82) is 0 Å². The van der Waals surface area contributed by atoms with Gasteiger partial charge in [-0.05, 0) is 75.2 Å². The lowest BCUT2D eigenvalue weighted by Crippen LogP contribution is -1.94. The first-order valence-corrected chi connectivity index (χ1v) is 15.2. The molecule has 1 aliphatic rings. The van der Waals surface area contributed by atoms with Crippen LogP contribution in [0.5, 0.6) is 0 Å². The number of fused-ring (bicyclic) bond motifs is 5. The minimum absolute atomic E-state index is 1.18. The fourth-order valence-electron chi connectivity index (χ4n) is 6.68. The molecule has 1 aliphatic heterocycles. The molecule has 0 atom stereocenters. The third-order valence-electron chi connectivity index (χ3n) is 8.62. The van der Waals surface area contributed by atoms with Crippen molar-refractivity contribution in [2.24, 2.45) is 0 Å². The molecule has 9 rings (SSSR count). The molecule has 42 heavy (non-hydrogen) atoms. The lowest BCUT2D eigenvalue weighted by Gasteiger charge is -2.21. The highest BCUT2D eigenvalue weighted by Crippen LogP contribution is 2.49. The fourth-order valence-corrected chi connectivity index (χ4v) is 7.81. The van der Waals surface area contributed by atoms with Crippen molar-refractivity contribution in [3.63, 3.8) is 0 Å². The molecule has 2 heteroatoms. The Hall–Kier alpha value is -5.05. The van der Waals surface area contributed by atoms with Gasteiger partial charge < -0.3 is 4.57 Å². The van der Waals surface area contributed by atoms with Gasteiger partial charge in [-0.25, -0.2) is 0 Å². The average Bonchev–Trinajstić information content (AvgIpc) is 3.39. The third-order valence-corrected chi connectivity index (χ3v) is 9.75. The summed E-state index contributed by atoms with van der Waals surface area (Å²) in [7, 11) is 0. The zero-order chi connectivity index (χ0) is 27.6. The third kappa shape index (κ3) is 3.52. The van der Waals surface area contributed by atoms with E-state index in [1.54, 1.807) is 0 Å². The Morgan fingerprint density at radius 2 is 1.07 bits per heavy atom. The van der Waals surface area contributed by atoms with Crippen LogP contribution in [0.3, 0.4) is 0 Å². The second-order valence-corrected chi connectivity index (χ2v) is 12.0. The van der Waals surface area contributed by atoms with E-state index in [4.69, 9.17) is 0 Å². The predicted octanol–water partition coefficient (Wildman–Crippen LogP) is 11.4. The lowest BCUT2D eigenvalue weighted by molar-refractivity contribution is 1.18. The molecule has 7 aromatic carbocycles. The Balaban J connectivity index is 1.16. The van der Waals surface area contributed by atoms with E-state index >= 15 is 0 Å². The Kier molecular flexibility index (Phi) is 5.20. The second-order valence-electron chi connectivity index (χ2n) is 10.9. The fraction of sp³-hybridized carbons (Fsp3) is 0. The summed E-state index contributed by atoms with van der Waals surface area (Å²) in [5.41, 5.74) is 11.3. The highest BCUT2D eigenvalue weighted by atomic mass is 32.2. The normalized spacial score (nSPS) is 12.2. The molecule has 0 unspecified atom stereocenters. The molecule has 1 nitrogen and oxygen atoms in total. The van der Waals surface area contributed by atoms with Crippen molar-refractivity contribution < 1.29 is 0 Å². The zero-order valence-corrected chi connectivity index (χ0v) is 23.6. The Morgan fingerprint density at radius 3 is 1.98 bits per heavy atom. The second kappa shape index (κ2) is 9.24. The van der Waals surface area contributed by atoms with E-state index in [9.17, 15) is 0 Å². The number of para-hydroxylation sites is 2. The van der Waals surface area contributed by atoms with Crippen molar-refractivity contribution in [2.45, 2.75) is 9.79 Å². The summed E-state index contributed by atoms with van der Waals surface area (Å²) in [6.07, 6.45) is 0. The topological polar surface area (TPSA) is 4.93 Å². The van der Waals surface area contributed by atoms with Crippen molar-refractivity contribution in [2.75, 3.05) is 0 Å². The van der Waals surface area contributed by atoms with Gasteiger partial charge in [0.1, 0.15) is 0 Å². The number of nitrogens with zero attached hydrogens (tertiary/aromatic N) is 1. The van der Waals surface area contributed by atoms with Gasteiger partial charge in [0, 0.05) is 31.6 Å². The number of benzene rings is 7. The van der Waals surface area contributed by atoms with E-state index in [1.165, 1.54) is 81.4 Å². The van der Waals surface area contributed by atoms with Crippen molar-refractivity contribution in [1.82, 2.24) is 4.57 Å². The number of rotatable bonds is 3. The van der Waals surface area contributed by atoms with Crippen molar-refractivity contribution in [3.8, 4) is 39.1 Å². The van der Waals surface area contributed by atoms with Crippen LogP contribution in [0, 0.1) is 0 Å². The lowest BCUT2D eigenvalue weighted by atomic mass is 9.92. The Morgan fingerprint density at radius 1 is 0.381 bits per heavy atom. The summed E-state index contributed by atoms with van der Waals surface area (Å²) in [5.74, 6) is 0. The molecule has 0 amide bonds. The van der Waals surface area contributed by atoms with Gasteiger partial charge in [0.25, 0.3) is 0 Å². The first-order valence-electron chi connectivity index (χ1n) is 14.4. The van der Waals surface area contributed by atoms with E-state index in [0.29, 0.717) is 0 Å². The average molecular weight is 552 g/mol. The Labute approximate surface area is 248 Å². The van der Waals surface area contributed by atoms with Crippen LogP contribution in [0.1, 0.15) is 0 Å². The maximum absolute atomic E-state index is 2.38. The molecule has 0 fully saturated rings. The molecule has 0 aliphatic carbocycles. The SMILES string of the molecule is c1ccc(-n2c3ccccc3c3ccc(-c4ccc(-c5ccc6c7c(cccc57)-c5ccccc5S6)cc4)cc32)cc1. The standard InChI is InChI=1S/C40H25NS/c1-2-9-29(10-3-1)41-36-15-6-4-11-31(36)32-22-21-28(25-37(32)41)26-17-19-27(20-18-26)30-23-24-39-40-34(30)13-8-14-35(40)33-12-5-7-16-38(33)42-39/h1-25H.